The molecule has 90 valence electrons. The van der Waals surface area contributed by atoms with Gasteiger partial charge in [-0.25, -0.2) is 0 Å². The van der Waals surface area contributed by atoms with Gasteiger partial charge in [-0.1, -0.05) is 0 Å². The molecule has 0 saturated carbocycles. The van der Waals surface area contributed by atoms with Gasteiger partial charge in [0, 0.05) is 45.0 Å². The minimum atomic E-state index is 0.140. The molecular formula is C11H19N3O2. The molecule has 0 spiro atoms. The number of carbonyl (C=O) groups excluding carboxylic acids is 1. The average molecular weight is 225 g/mol. The second kappa shape index (κ2) is 7.00. The Kier molecular flexibility index (Phi) is 5.56. The summed E-state index contributed by atoms with van der Waals surface area (Å²) in [5.41, 5.74) is 1.01. The second-order valence-electron chi connectivity index (χ2n) is 3.66. The Bertz CT molecular complexity index is 298. The number of hydrogen-bond donors (Lipinski definition) is 1. The van der Waals surface area contributed by atoms with Gasteiger partial charge < -0.3 is 9.64 Å². The summed E-state index contributed by atoms with van der Waals surface area (Å²) in [6.45, 7) is 3.91. The van der Waals surface area contributed by atoms with Gasteiger partial charge in [0.15, 0.2) is 0 Å². The van der Waals surface area contributed by atoms with Crippen LogP contribution in [0.5, 0.6) is 0 Å². The summed E-state index contributed by atoms with van der Waals surface area (Å²) in [7, 11) is 1.80. The number of H-pyrrole nitrogens is 1. The molecule has 1 heterocycles. The Morgan fingerprint density at radius 3 is 3.06 bits per heavy atom. The van der Waals surface area contributed by atoms with E-state index in [1.165, 1.54) is 0 Å². The molecule has 1 N–H and O–H groups in total. The van der Waals surface area contributed by atoms with E-state index in [-0.39, 0.29) is 5.91 Å². The zero-order valence-corrected chi connectivity index (χ0v) is 9.90. The van der Waals surface area contributed by atoms with Crippen LogP contribution < -0.4 is 0 Å². The third kappa shape index (κ3) is 4.44. The van der Waals surface area contributed by atoms with Crippen LogP contribution in [0.15, 0.2) is 12.4 Å². The van der Waals surface area contributed by atoms with Crippen LogP contribution in [0.1, 0.15) is 25.3 Å². The van der Waals surface area contributed by atoms with Crippen LogP contribution in [-0.4, -0.2) is 41.3 Å². The van der Waals surface area contributed by atoms with Crippen molar-refractivity contribution < 1.29 is 9.53 Å². The molecule has 1 amide bonds. The second-order valence-corrected chi connectivity index (χ2v) is 3.66. The normalized spacial score (nSPS) is 10.4. The molecule has 1 aromatic rings. The maximum absolute atomic E-state index is 11.7. The summed E-state index contributed by atoms with van der Waals surface area (Å²) < 4.78 is 5.18. The Hall–Kier alpha value is -1.36. The van der Waals surface area contributed by atoms with Crippen LogP contribution in [0.25, 0.3) is 0 Å². The molecule has 0 atom stereocenters. The number of rotatable bonds is 7. The number of nitrogens with zero attached hydrogens (tertiary/aromatic N) is 2. The fourth-order valence-electron chi connectivity index (χ4n) is 1.39. The zero-order valence-electron chi connectivity index (χ0n) is 9.90. The molecule has 0 aliphatic heterocycles. The van der Waals surface area contributed by atoms with Crippen molar-refractivity contribution in [3.05, 3.63) is 18.0 Å². The summed E-state index contributed by atoms with van der Waals surface area (Å²) in [5, 5.41) is 6.56. The minimum Gasteiger partial charge on any atom is -0.382 e. The summed E-state index contributed by atoms with van der Waals surface area (Å²) in [6, 6.07) is 0. The molecule has 0 fully saturated rings. The van der Waals surface area contributed by atoms with Crippen molar-refractivity contribution in [1.82, 2.24) is 15.1 Å². The fourth-order valence-corrected chi connectivity index (χ4v) is 1.39. The predicted molar refractivity (Wildman–Crippen MR) is 60.8 cm³/mol. The molecule has 0 aliphatic rings. The van der Waals surface area contributed by atoms with Gasteiger partial charge in [0.2, 0.25) is 5.91 Å². The Morgan fingerprint density at radius 2 is 2.44 bits per heavy atom. The van der Waals surface area contributed by atoms with Gasteiger partial charge in [0.05, 0.1) is 6.20 Å². The molecule has 0 bridgehead atoms. The van der Waals surface area contributed by atoms with E-state index in [0.29, 0.717) is 26.2 Å². The van der Waals surface area contributed by atoms with Crippen LogP contribution in [0.3, 0.4) is 0 Å². The third-order valence-electron chi connectivity index (χ3n) is 2.28. The number of ether oxygens (including phenoxy) is 1. The van der Waals surface area contributed by atoms with E-state index in [1.807, 2.05) is 6.92 Å². The first-order chi connectivity index (χ1) is 7.74. The van der Waals surface area contributed by atoms with Gasteiger partial charge in [0.1, 0.15) is 0 Å². The van der Waals surface area contributed by atoms with Gasteiger partial charge >= 0.3 is 0 Å². The third-order valence-corrected chi connectivity index (χ3v) is 2.28. The highest BCUT2D eigenvalue weighted by molar-refractivity contribution is 5.75. The fraction of sp³-hybridized carbons (Fsp3) is 0.636. The van der Waals surface area contributed by atoms with Crippen LogP contribution >= 0.6 is 0 Å². The van der Waals surface area contributed by atoms with Gasteiger partial charge in [-0.05, 0) is 13.3 Å². The number of aromatic nitrogens is 2. The molecular weight excluding hydrogens is 206 g/mol. The first kappa shape index (κ1) is 12.7. The highest BCUT2D eigenvalue weighted by atomic mass is 16.5. The van der Waals surface area contributed by atoms with E-state index >= 15 is 0 Å². The predicted octanol–water partition coefficient (Wildman–Crippen LogP) is 1.18. The van der Waals surface area contributed by atoms with E-state index in [0.717, 1.165) is 12.0 Å². The van der Waals surface area contributed by atoms with E-state index in [2.05, 4.69) is 10.2 Å². The molecule has 0 radical (unpaired) electrons. The van der Waals surface area contributed by atoms with Gasteiger partial charge in [-0.3, -0.25) is 9.89 Å². The monoisotopic (exact) mass is 225 g/mol. The van der Waals surface area contributed by atoms with Crippen LogP contribution in [-0.2, 0) is 16.1 Å². The number of nitrogens with one attached hydrogen (secondary N) is 1. The van der Waals surface area contributed by atoms with Crippen molar-refractivity contribution in [2.75, 3.05) is 20.3 Å². The molecule has 1 aromatic heterocycles. The van der Waals surface area contributed by atoms with Gasteiger partial charge in [-0.15, -0.1) is 0 Å². The maximum Gasteiger partial charge on any atom is 0.222 e. The summed E-state index contributed by atoms with van der Waals surface area (Å²) in [6.07, 6.45) is 4.84. The minimum absolute atomic E-state index is 0.140. The van der Waals surface area contributed by atoms with E-state index in [4.69, 9.17) is 4.74 Å². The SMILES string of the molecule is CCOCCCC(=O)N(C)Cc1cn[nH]c1. The first-order valence-electron chi connectivity index (χ1n) is 5.53. The molecule has 16 heavy (non-hydrogen) atoms. The largest absolute Gasteiger partial charge is 0.382 e. The van der Waals surface area contributed by atoms with E-state index in [1.54, 1.807) is 24.3 Å². The quantitative estimate of drug-likeness (QED) is 0.709. The molecule has 0 aliphatic carbocycles. The van der Waals surface area contributed by atoms with Gasteiger partial charge in [-0.2, -0.15) is 5.10 Å². The van der Waals surface area contributed by atoms with Crippen molar-refractivity contribution >= 4 is 5.91 Å². The highest BCUT2D eigenvalue weighted by Gasteiger charge is 2.09. The number of carbonyl (C=O) groups is 1. The van der Waals surface area contributed by atoms with Crippen LogP contribution in [0, 0.1) is 0 Å². The number of hydrogen-bond acceptors (Lipinski definition) is 3. The molecule has 5 heteroatoms. The Labute approximate surface area is 95.8 Å². The standard InChI is InChI=1S/C11H19N3O2/c1-3-16-6-4-5-11(15)14(2)9-10-7-12-13-8-10/h7-8H,3-6,9H2,1-2H3,(H,12,13). The van der Waals surface area contributed by atoms with Crippen LogP contribution in [0.2, 0.25) is 0 Å². The zero-order chi connectivity index (χ0) is 11.8. The molecule has 0 unspecified atom stereocenters. The summed E-state index contributed by atoms with van der Waals surface area (Å²) in [4.78, 5) is 13.4. The number of amides is 1. The molecule has 1 rings (SSSR count). The smallest absolute Gasteiger partial charge is 0.222 e. The van der Waals surface area contributed by atoms with E-state index in [9.17, 15) is 4.79 Å². The topological polar surface area (TPSA) is 58.2 Å². The van der Waals surface area contributed by atoms with Gasteiger partial charge in [0.25, 0.3) is 0 Å². The van der Waals surface area contributed by atoms with Crippen molar-refractivity contribution in [2.45, 2.75) is 26.3 Å². The first-order valence-corrected chi connectivity index (χ1v) is 5.53. The van der Waals surface area contributed by atoms with Crippen molar-refractivity contribution in [2.24, 2.45) is 0 Å². The summed E-state index contributed by atoms with van der Waals surface area (Å²) in [5.74, 6) is 0.140. The lowest BCUT2D eigenvalue weighted by molar-refractivity contribution is -0.130. The van der Waals surface area contributed by atoms with E-state index < -0.39 is 0 Å². The Morgan fingerprint density at radius 1 is 1.62 bits per heavy atom. The lowest BCUT2D eigenvalue weighted by atomic mass is 10.2. The Balaban J connectivity index is 2.20. The lowest BCUT2D eigenvalue weighted by Gasteiger charge is -2.15. The highest BCUT2D eigenvalue weighted by Crippen LogP contribution is 2.03. The van der Waals surface area contributed by atoms with Crippen molar-refractivity contribution in [1.29, 1.82) is 0 Å². The molecule has 0 aromatic carbocycles. The lowest BCUT2D eigenvalue weighted by Crippen LogP contribution is -2.26. The molecule has 0 saturated heterocycles. The van der Waals surface area contributed by atoms with Crippen LogP contribution in [0.4, 0.5) is 0 Å². The summed E-state index contributed by atoms with van der Waals surface area (Å²) >= 11 is 0. The maximum atomic E-state index is 11.7. The average Bonchev–Trinajstić information content (AvgIpc) is 2.76. The molecule has 5 nitrogen and oxygen atoms in total. The number of aromatic amines is 1. The van der Waals surface area contributed by atoms with Crippen molar-refractivity contribution in [3.63, 3.8) is 0 Å². The van der Waals surface area contributed by atoms with Crippen molar-refractivity contribution in [3.8, 4) is 0 Å².